The average Bonchev–Trinajstić information content (AvgIpc) is 3.12. The molecule has 2 aromatic heterocycles. The Balaban J connectivity index is 1.72. The number of hydrogen-bond acceptors (Lipinski definition) is 4. The molecule has 22 heavy (non-hydrogen) atoms. The second-order valence-corrected chi connectivity index (χ2v) is 5.44. The fourth-order valence-electron chi connectivity index (χ4n) is 1.98. The SMILES string of the molecule is O=C(O)c1csc(CNC(=O)c2cc3c(F)cccc3[nH]2)n1. The highest BCUT2D eigenvalue weighted by atomic mass is 32.1. The second kappa shape index (κ2) is 5.57. The predicted molar refractivity (Wildman–Crippen MR) is 78.5 cm³/mol. The smallest absolute Gasteiger partial charge is 0.355 e. The van der Waals surface area contributed by atoms with Crippen molar-refractivity contribution >= 4 is 34.1 Å². The Hall–Kier alpha value is -2.74. The van der Waals surface area contributed by atoms with Crippen molar-refractivity contribution in [2.24, 2.45) is 0 Å². The molecule has 0 unspecified atom stereocenters. The first-order valence-electron chi connectivity index (χ1n) is 6.28. The zero-order chi connectivity index (χ0) is 15.7. The Labute approximate surface area is 127 Å². The summed E-state index contributed by atoms with van der Waals surface area (Å²) in [6.45, 7) is 0.106. The number of carboxylic acid groups (broad SMARTS) is 1. The quantitative estimate of drug-likeness (QED) is 0.688. The van der Waals surface area contributed by atoms with Gasteiger partial charge < -0.3 is 15.4 Å². The van der Waals surface area contributed by atoms with E-state index in [1.165, 1.54) is 17.5 Å². The Morgan fingerprint density at radius 1 is 1.41 bits per heavy atom. The van der Waals surface area contributed by atoms with Gasteiger partial charge in [-0.25, -0.2) is 14.2 Å². The number of benzene rings is 1. The third-order valence-corrected chi connectivity index (χ3v) is 3.88. The van der Waals surface area contributed by atoms with Gasteiger partial charge in [0.2, 0.25) is 0 Å². The number of aromatic nitrogens is 2. The van der Waals surface area contributed by atoms with Crippen molar-refractivity contribution in [1.29, 1.82) is 0 Å². The lowest BCUT2D eigenvalue weighted by Gasteiger charge is -2.00. The number of rotatable bonds is 4. The lowest BCUT2D eigenvalue weighted by molar-refractivity contribution is 0.0691. The van der Waals surface area contributed by atoms with E-state index in [4.69, 9.17) is 5.11 Å². The van der Waals surface area contributed by atoms with Gasteiger partial charge in [0.25, 0.3) is 5.91 Å². The monoisotopic (exact) mass is 319 g/mol. The number of aromatic carboxylic acids is 1. The van der Waals surface area contributed by atoms with Crippen molar-refractivity contribution in [3.63, 3.8) is 0 Å². The third-order valence-electron chi connectivity index (χ3n) is 3.03. The van der Waals surface area contributed by atoms with Gasteiger partial charge in [-0.05, 0) is 18.2 Å². The summed E-state index contributed by atoms with van der Waals surface area (Å²) in [5.74, 6) is -1.93. The zero-order valence-corrected chi connectivity index (χ0v) is 11.9. The van der Waals surface area contributed by atoms with Crippen LogP contribution < -0.4 is 5.32 Å². The largest absolute Gasteiger partial charge is 0.476 e. The maximum atomic E-state index is 13.6. The first-order chi connectivity index (χ1) is 10.5. The van der Waals surface area contributed by atoms with Gasteiger partial charge in [0.05, 0.1) is 6.54 Å². The van der Waals surface area contributed by atoms with Gasteiger partial charge in [-0.3, -0.25) is 4.79 Å². The van der Waals surface area contributed by atoms with Crippen molar-refractivity contribution < 1.29 is 19.1 Å². The number of nitrogens with one attached hydrogen (secondary N) is 2. The molecule has 0 aliphatic rings. The minimum absolute atomic E-state index is 0.0538. The molecule has 0 saturated heterocycles. The molecule has 3 aromatic rings. The van der Waals surface area contributed by atoms with Gasteiger partial charge in [-0.2, -0.15) is 0 Å². The molecule has 0 saturated carbocycles. The summed E-state index contributed by atoms with van der Waals surface area (Å²) in [5, 5.41) is 13.6. The summed E-state index contributed by atoms with van der Waals surface area (Å²) in [6.07, 6.45) is 0. The molecular formula is C14H10FN3O3S. The van der Waals surface area contributed by atoms with E-state index in [-0.39, 0.29) is 17.9 Å². The van der Waals surface area contributed by atoms with E-state index in [0.29, 0.717) is 15.9 Å². The Morgan fingerprint density at radius 2 is 2.23 bits per heavy atom. The molecule has 2 heterocycles. The van der Waals surface area contributed by atoms with Crippen molar-refractivity contribution in [2.45, 2.75) is 6.54 Å². The van der Waals surface area contributed by atoms with Crippen LogP contribution in [0.2, 0.25) is 0 Å². The molecule has 0 atom stereocenters. The summed E-state index contributed by atoms with van der Waals surface area (Å²) in [4.78, 5) is 29.5. The molecule has 0 radical (unpaired) electrons. The highest BCUT2D eigenvalue weighted by molar-refractivity contribution is 7.09. The number of fused-ring (bicyclic) bond motifs is 1. The zero-order valence-electron chi connectivity index (χ0n) is 11.1. The van der Waals surface area contributed by atoms with Crippen LogP contribution in [-0.2, 0) is 6.54 Å². The van der Waals surface area contributed by atoms with Gasteiger partial charge in [-0.15, -0.1) is 11.3 Å². The van der Waals surface area contributed by atoms with Crippen LogP contribution in [0, 0.1) is 5.82 Å². The topological polar surface area (TPSA) is 95.1 Å². The molecule has 1 amide bonds. The number of hydrogen-bond donors (Lipinski definition) is 3. The Kier molecular flexibility index (Phi) is 3.60. The molecule has 3 rings (SSSR count). The number of halogens is 1. The van der Waals surface area contributed by atoms with Crippen LogP contribution in [0.1, 0.15) is 26.0 Å². The summed E-state index contributed by atoms with van der Waals surface area (Å²) >= 11 is 1.15. The van der Waals surface area contributed by atoms with Gasteiger partial charge in [-0.1, -0.05) is 6.07 Å². The van der Waals surface area contributed by atoms with Crippen LogP contribution in [0.25, 0.3) is 10.9 Å². The Morgan fingerprint density at radius 3 is 2.91 bits per heavy atom. The lowest BCUT2D eigenvalue weighted by Crippen LogP contribution is -2.23. The molecule has 3 N–H and O–H groups in total. The van der Waals surface area contributed by atoms with Gasteiger partial charge in [0.15, 0.2) is 5.69 Å². The average molecular weight is 319 g/mol. The predicted octanol–water partition coefficient (Wildman–Crippen LogP) is 2.39. The second-order valence-electron chi connectivity index (χ2n) is 4.50. The third kappa shape index (κ3) is 2.68. The van der Waals surface area contributed by atoms with Crippen molar-refractivity contribution in [1.82, 2.24) is 15.3 Å². The molecule has 0 spiro atoms. The molecule has 0 aliphatic carbocycles. The van der Waals surface area contributed by atoms with Crippen LogP contribution in [-0.4, -0.2) is 27.0 Å². The van der Waals surface area contributed by atoms with Crippen LogP contribution in [0.4, 0.5) is 4.39 Å². The van der Waals surface area contributed by atoms with Crippen LogP contribution in [0.5, 0.6) is 0 Å². The highest BCUT2D eigenvalue weighted by Gasteiger charge is 2.13. The number of amides is 1. The molecule has 0 fully saturated rings. The van der Waals surface area contributed by atoms with E-state index < -0.39 is 17.7 Å². The van der Waals surface area contributed by atoms with E-state index in [1.807, 2.05) is 0 Å². The lowest BCUT2D eigenvalue weighted by atomic mass is 10.2. The van der Waals surface area contributed by atoms with Crippen molar-refractivity contribution in [3.8, 4) is 0 Å². The molecule has 0 aliphatic heterocycles. The minimum Gasteiger partial charge on any atom is -0.476 e. The number of nitrogens with zero attached hydrogens (tertiary/aromatic N) is 1. The van der Waals surface area contributed by atoms with Gasteiger partial charge in [0.1, 0.15) is 16.5 Å². The normalized spacial score (nSPS) is 10.8. The highest BCUT2D eigenvalue weighted by Crippen LogP contribution is 2.18. The van der Waals surface area contributed by atoms with E-state index in [2.05, 4.69) is 15.3 Å². The number of carbonyl (C=O) groups is 2. The summed E-state index contributed by atoms with van der Waals surface area (Å²) in [7, 11) is 0. The van der Waals surface area contributed by atoms with Crippen LogP contribution in [0.15, 0.2) is 29.6 Å². The maximum absolute atomic E-state index is 13.6. The molecule has 1 aromatic carbocycles. The van der Waals surface area contributed by atoms with Crippen molar-refractivity contribution in [2.75, 3.05) is 0 Å². The number of carbonyl (C=O) groups excluding carboxylic acids is 1. The summed E-state index contributed by atoms with van der Waals surface area (Å²) in [6, 6.07) is 5.99. The van der Waals surface area contributed by atoms with E-state index in [0.717, 1.165) is 11.3 Å². The number of aromatic amines is 1. The standard InChI is InChI=1S/C14H10FN3O3S/c15-8-2-1-3-9-7(8)4-10(17-9)13(19)16-5-12-18-11(6-22-12)14(20)21/h1-4,6,17H,5H2,(H,16,19)(H,20,21). The number of carboxylic acids is 1. The van der Waals surface area contributed by atoms with E-state index >= 15 is 0 Å². The Bertz CT molecular complexity index is 871. The maximum Gasteiger partial charge on any atom is 0.355 e. The van der Waals surface area contributed by atoms with Gasteiger partial charge in [0, 0.05) is 16.3 Å². The molecule has 6 nitrogen and oxygen atoms in total. The molecule has 0 bridgehead atoms. The van der Waals surface area contributed by atoms with Gasteiger partial charge >= 0.3 is 5.97 Å². The van der Waals surface area contributed by atoms with Crippen LogP contribution in [0.3, 0.4) is 0 Å². The fraction of sp³-hybridized carbons (Fsp3) is 0.0714. The minimum atomic E-state index is -1.11. The first kappa shape index (κ1) is 14.2. The summed E-state index contributed by atoms with van der Waals surface area (Å²) in [5.41, 5.74) is 0.713. The van der Waals surface area contributed by atoms with Crippen LogP contribution >= 0.6 is 11.3 Å². The first-order valence-corrected chi connectivity index (χ1v) is 7.15. The van der Waals surface area contributed by atoms with Crippen molar-refractivity contribution in [3.05, 3.63) is 51.9 Å². The van der Waals surface area contributed by atoms with E-state index in [9.17, 15) is 14.0 Å². The molecular weight excluding hydrogens is 309 g/mol. The number of thiazole rings is 1. The molecule has 112 valence electrons. The van der Waals surface area contributed by atoms with E-state index in [1.54, 1.807) is 12.1 Å². The molecule has 8 heteroatoms. The summed E-state index contributed by atoms with van der Waals surface area (Å²) < 4.78 is 13.6. The fourth-order valence-corrected chi connectivity index (χ4v) is 2.69. The number of H-pyrrole nitrogens is 1.